The van der Waals surface area contributed by atoms with Crippen LogP contribution in [0.25, 0.3) is 0 Å². The van der Waals surface area contributed by atoms with Gasteiger partial charge in [-0.25, -0.2) is 0 Å². The van der Waals surface area contributed by atoms with Gasteiger partial charge in [0.2, 0.25) is 0 Å². The summed E-state index contributed by atoms with van der Waals surface area (Å²) in [6.07, 6.45) is 14.7. The van der Waals surface area contributed by atoms with E-state index in [1.54, 1.807) is 0 Å². The molecule has 3 aliphatic rings. The Morgan fingerprint density at radius 1 is 0.880 bits per heavy atom. The first kappa shape index (κ1) is 19.7. The molecule has 3 unspecified atom stereocenters. The lowest BCUT2D eigenvalue weighted by Crippen LogP contribution is -2.51. The maximum atomic E-state index is 2.80. The minimum absolute atomic E-state index is 0.632. The molecule has 3 atom stereocenters. The summed E-state index contributed by atoms with van der Waals surface area (Å²) in [5.74, 6) is 0.747. The van der Waals surface area contributed by atoms with Gasteiger partial charge in [0.05, 0.1) is 0 Å². The van der Waals surface area contributed by atoms with Crippen LogP contribution < -0.4 is 0 Å². The molecule has 25 heavy (non-hydrogen) atoms. The van der Waals surface area contributed by atoms with E-state index >= 15 is 0 Å². The zero-order valence-electron chi connectivity index (χ0n) is 17.8. The van der Waals surface area contributed by atoms with E-state index in [9.17, 15) is 0 Å². The van der Waals surface area contributed by atoms with Crippen LogP contribution in [0.4, 0.5) is 0 Å². The van der Waals surface area contributed by atoms with Crippen LogP contribution >= 0.6 is 0 Å². The molecule has 2 nitrogen and oxygen atoms in total. The van der Waals surface area contributed by atoms with Gasteiger partial charge < -0.3 is 9.80 Å². The van der Waals surface area contributed by atoms with Gasteiger partial charge in [-0.15, -0.1) is 0 Å². The molecule has 0 amide bonds. The standard InChI is InChI=1S/C23H44N2/c1-19(20(2)24(5)16-13-22(4)9-6-7-10-22)21(3)25-17-14-23(15-18-25)11-8-12-23/h19-21H,6-18H2,1-5H3. The fourth-order valence-electron chi connectivity index (χ4n) is 5.85. The lowest BCUT2D eigenvalue weighted by Gasteiger charge is -2.50. The average molecular weight is 349 g/mol. The van der Waals surface area contributed by atoms with Crippen LogP contribution in [0.15, 0.2) is 0 Å². The molecule has 1 saturated heterocycles. The van der Waals surface area contributed by atoms with E-state index in [0.29, 0.717) is 11.5 Å². The molecule has 0 aromatic carbocycles. The second-order valence-electron chi connectivity index (χ2n) is 10.5. The molecule has 0 radical (unpaired) electrons. The molecule has 0 aromatic rings. The van der Waals surface area contributed by atoms with Crippen molar-refractivity contribution in [3.63, 3.8) is 0 Å². The van der Waals surface area contributed by atoms with Crippen molar-refractivity contribution >= 4 is 0 Å². The maximum absolute atomic E-state index is 2.80. The third-order valence-corrected chi connectivity index (χ3v) is 8.94. The predicted molar refractivity (Wildman–Crippen MR) is 109 cm³/mol. The normalized spacial score (nSPS) is 29.5. The first-order valence-corrected chi connectivity index (χ1v) is 11.3. The maximum Gasteiger partial charge on any atom is 0.0107 e. The van der Waals surface area contributed by atoms with E-state index < -0.39 is 0 Å². The smallest absolute Gasteiger partial charge is 0.0107 e. The van der Waals surface area contributed by atoms with Crippen molar-refractivity contribution < 1.29 is 0 Å². The molecule has 3 rings (SSSR count). The number of likely N-dealkylation sites (tertiary alicyclic amines) is 1. The second-order valence-corrected chi connectivity index (χ2v) is 10.5. The minimum Gasteiger partial charge on any atom is -0.303 e. The van der Waals surface area contributed by atoms with Crippen LogP contribution in [0, 0.1) is 16.7 Å². The summed E-state index contributed by atoms with van der Waals surface area (Å²) in [7, 11) is 2.37. The molecule has 2 heteroatoms. The van der Waals surface area contributed by atoms with E-state index in [0.717, 1.165) is 17.4 Å². The van der Waals surface area contributed by atoms with Crippen molar-refractivity contribution in [2.75, 3.05) is 26.7 Å². The van der Waals surface area contributed by atoms with E-state index in [-0.39, 0.29) is 0 Å². The lowest BCUT2D eigenvalue weighted by atomic mass is 9.63. The Bertz CT molecular complexity index is 412. The number of rotatable bonds is 7. The summed E-state index contributed by atoms with van der Waals surface area (Å²) in [5.41, 5.74) is 1.41. The van der Waals surface area contributed by atoms with Crippen molar-refractivity contribution in [3.05, 3.63) is 0 Å². The Labute approximate surface area is 157 Å². The highest BCUT2D eigenvalue weighted by Gasteiger charge is 2.41. The molecule has 0 bridgehead atoms. The van der Waals surface area contributed by atoms with Gasteiger partial charge in [0.25, 0.3) is 0 Å². The molecule has 0 aromatic heterocycles. The number of hydrogen-bond donors (Lipinski definition) is 0. The van der Waals surface area contributed by atoms with E-state index in [2.05, 4.69) is 44.5 Å². The molecule has 1 aliphatic heterocycles. The van der Waals surface area contributed by atoms with Crippen molar-refractivity contribution in [3.8, 4) is 0 Å². The topological polar surface area (TPSA) is 6.48 Å². The summed E-state index contributed by atoms with van der Waals surface area (Å²) in [6, 6.07) is 1.40. The molecule has 0 N–H and O–H groups in total. The van der Waals surface area contributed by atoms with Gasteiger partial charge in [-0.2, -0.15) is 0 Å². The zero-order valence-corrected chi connectivity index (χ0v) is 17.8. The Hall–Kier alpha value is -0.0800. The van der Waals surface area contributed by atoms with Crippen LogP contribution in [0.1, 0.15) is 91.9 Å². The molecular weight excluding hydrogens is 304 g/mol. The van der Waals surface area contributed by atoms with Crippen LogP contribution in [0.5, 0.6) is 0 Å². The quantitative estimate of drug-likeness (QED) is 0.593. The Kier molecular flexibility index (Phi) is 6.21. The van der Waals surface area contributed by atoms with Gasteiger partial charge in [-0.05, 0) is 102 Å². The van der Waals surface area contributed by atoms with Gasteiger partial charge in [0, 0.05) is 12.1 Å². The van der Waals surface area contributed by atoms with Crippen LogP contribution in [-0.4, -0.2) is 48.6 Å². The minimum atomic E-state index is 0.632. The second kappa shape index (κ2) is 7.89. The van der Waals surface area contributed by atoms with Gasteiger partial charge in [0.1, 0.15) is 0 Å². The third-order valence-electron chi connectivity index (χ3n) is 8.94. The van der Waals surface area contributed by atoms with E-state index in [4.69, 9.17) is 0 Å². The Morgan fingerprint density at radius 2 is 1.48 bits per heavy atom. The summed E-state index contributed by atoms with van der Waals surface area (Å²) >= 11 is 0. The summed E-state index contributed by atoms with van der Waals surface area (Å²) in [4.78, 5) is 5.46. The molecule has 1 heterocycles. The Balaban J connectivity index is 1.44. The number of piperidine rings is 1. The largest absolute Gasteiger partial charge is 0.303 e. The summed E-state index contributed by atoms with van der Waals surface area (Å²) < 4.78 is 0. The van der Waals surface area contributed by atoms with Crippen LogP contribution in [0.2, 0.25) is 0 Å². The van der Waals surface area contributed by atoms with Crippen molar-refractivity contribution in [1.29, 1.82) is 0 Å². The number of hydrogen-bond acceptors (Lipinski definition) is 2. The third kappa shape index (κ3) is 4.43. The van der Waals surface area contributed by atoms with Gasteiger partial charge in [-0.3, -0.25) is 0 Å². The fourth-order valence-corrected chi connectivity index (χ4v) is 5.85. The van der Waals surface area contributed by atoms with Gasteiger partial charge >= 0.3 is 0 Å². The van der Waals surface area contributed by atoms with E-state index in [1.807, 2.05) is 0 Å². The highest BCUT2D eigenvalue weighted by atomic mass is 15.2. The van der Waals surface area contributed by atoms with Crippen LogP contribution in [-0.2, 0) is 0 Å². The highest BCUT2D eigenvalue weighted by Crippen LogP contribution is 2.49. The van der Waals surface area contributed by atoms with E-state index in [1.165, 1.54) is 83.8 Å². The molecule has 146 valence electrons. The predicted octanol–water partition coefficient (Wildman–Crippen LogP) is 5.57. The molecule has 2 aliphatic carbocycles. The van der Waals surface area contributed by atoms with Crippen molar-refractivity contribution in [2.24, 2.45) is 16.7 Å². The van der Waals surface area contributed by atoms with Crippen molar-refractivity contribution in [1.82, 2.24) is 9.80 Å². The fraction of sp³-hybridized carbons (Fsp3) is 1.00. The van der Waals surface area contributed by atoms with Crippen molar-refractivity contribution in [2.45, 2.75) is 104 Å². The average Bonchev–Trinajstić information content (AvgIpc) is 3.03. The van der Waals surface area contributed by atoms with Gasteiger partial charge in [0.15, 0.2) is 0 Å². The first-order valence-electron chi connectivity index (χ1n) is 11.3. The summed E-state index contributed by atoms with van der Waals surface area (Å²) in [6.45, 7) is 13.9. The molecular formula is C23H44N2. The van der Waals surface area contributed by atoms with Crippen LogP contribution in [0.3, 0.4) is 0 Å². The monoisotopic (exact) mass is 348 g/mol. The zero-order chi connectivity index (χ0) is 18.1. The summed E-state index contributed by atoms with van der Waals surface area (Å²) in [5, 5.41) is 0. The molecule has 1 spiro atoms. The number of nitrogens with zero attached hydrogens (tertiary/aromatic N) is 2. The SMILES string of the molecule is CC(C(C)N(C)CCC1(C)CCCC1)C(C)N1CCC2(CCC2)CC1. The highest BCUT2D eigenvalue weighted by molar-refractivity contribution is 4.94. The Morgan fingerprint density at radius 3 is 2.00 bits per heavy atom. The van der Waals surface area contributed by atoms with Gasteiger partial charge in [-0.1, -0.05) is 33.1 Å². The first-order chi connectivity index (χ1) is 11.8. The molecule has 3 fully saturated rings. The molecule has 2 saturated carbocycles. The lowest BCUT2D eigenvalue weighted by molar-refractivity contribution is -0.000130.